The van der Waals surface area contributed by atoms with Crippen molar-refractivity contribution in [2.75, 3.05) is 17.2 Å². The van der Waals surface area contributed by atoms with E-state index in [9.17, 15) is 13.6 Å². The molecule has 3 aromatic rings. The van der Waals surface area contributed by atoms with Gasteiger partial charge in [-0.05, 0) is 43.3 Å². The maximum Gasteiger partial charge on any atom is 0.338 e. The number of nitrogens with zero attached hydrogens (tertiary/aromatic N) is 3. The van der Waals surface area contributed by atoms with Crippen molar-refractivity contribution in [3.05, 3.63) is 65.9 Å². The third-order valence-corrected chi connectivity index (χ3v) is 3.40. The lowest BCUT2D eigenvalue weighted by Gasteiger charge is -2.09. The number of hydrogen-bond acceptors (Lipinski definition) is 7. The molecule has 27 heavy (non-hydrogen) atoms. The molecule has 0 unspecified atom stereocenters. The van der Waals surface area contributed by atoms with Gasteiger partial charge in [-0.1, -0.05) is 0 Å². The van der Waals surface area contributed by atoms with Gasteiger partial charge in [-0.2, -0.15) is 10.1 Å². The molecule has 0 fully saturated rings. The summed E-state index contributed by atoms with van der Waals surface area (Å²) in [4.78, 5) is 15.8. The summed E-state index contributed by atoms with van der Waals surface area (Å²) in [6.07, 6.45) is 1.30. The molecule has 0 spiro atoms. The highest BCUT2D eigenvalue weighted by Crippen LogP contribution is 2.20. The number of hydrogen-bond donors (Lipinski definition) is 2. The summed E-state index contributed by atoms with van der Waals surface area (Å²) in [6.45, 7) is 2.03. The van der Waals surface area contributed by atoms with Crippen LogP contribution in [0.3, 0.4) is 0 Å². The molecule has 0 saturated carbocycles. The molecule has 0 bridgehead atoms. The van der Waals surface area contributed by atoms with Crippen molar-refractivity contribution in [2.24, 2.45) is 0 Å². The van der Waals surface area contributed by atoms with Crippen LogP contribution in [0.4, 0.5) is 31.9 Å². The predicted molar refractivity (Wildman–Crippen MR) is 95.1 cm³/mol. The Bertz CT molecular complexity index is 951. The van der Waals surface area contributed by atoms with E-state index in [-0.39, 0.29) is 17.5 Å². The van der Waals surface area contributed by atoms with E-state index in [0.717, 1.165) is 12.1 Å². The lowest BCUT2D eigenvalue weighted by molar-refractivity contribution is 0.0526. The largest absolute Gasteiger partial charge is 0.462 e. The van der Waals surface area contributed by atoms with Gasteiger partial charge in [0.2, 0.25) is 5.95 Å². The first-order valence-electron chi connectivity index (χ1n) is 8.01. The summed E-state index contributed by atoms with van der Waals surface area (Å²) in [5.41, 5.74) is 1.10. The second kappa shape index (κ2) is 8.17. The highest BCUT2D eigenvalue weighted by atomic mass is 19.1. The molecule has 0 radical (unpaired) electrons. The molecule has 138 valence electrons. The topological polar surface area (TPSA) is 89.0 Å². The first kappa shape index (κ1) is 18.2. The van der Waals surface area contributed by atoms with Crippen LogP contribution in [-0.4, -0.2) is 27.8 Å². The molecule has 2 N–H and O–H groups in total. The van der Waals surface area contributed by atoms with Crippen LogP contribution in [0.25, 0.3) is 0 Å². The van der Waals surface area contributed by atoms with E-state index in [1.165, 1.54) is 12.3 Å². The lowest BCUT2D eigenvalue weighted by Crippen LogP contribution is -2.05. The fraction of sp³-hybridized carbons (Fsp3) is 0.111. The molecule has 0 aliphatic carbocycles. The van der Waals surface area contributed by atoms with Gasteiger partial charge in [0.25, 0.3) is 0 Å². The van der Waals surface area contributed by atoms with Crippen LogP contribution in [0.15, 0.2) is 48.7 Å². The van der Waals surface area contributed by atoms with E-state index >= 15 is 0 Å². The summed E-state index contributed by atoms with van der Waals surface area (Å²) in [7, 11) is 0. The van der Waals surface area contributed by atoms with E-state index in [0.29, 0.717) is 17.9 Å². The van der Waals surface area contributed by atoms with Crippen molar-refractivity contribution in [1.29, 1.82) is 0 Å². The average molecular weight is 371 g/mol. The maximum absolute atomic E-state index is 13.7. The normalized spacial score (nSPS) is 10.3. The summed E-state index contributed by atoms with van der Waals surface area (Å²) in [5.74, 6) is -1.45. The lowest BCUT2D eigenvalue weighted by atomic mass is 10.2. The first-order valence-corrected chi connectivity index (χ1v) is 8.01. The van der Waals surface area contributed by atoms with Gasteiger partial charge in [0, 0.05) is 11.8 Å². The van der Waals surface area contributed by atoms with Gasteiger partial charge in [-0.3, -0.25) is 0 Å². The number of esters is 1. The molecule has 9 heteroatoms. The van der Waals surface area contributed by atoms with Crippen molar-refractivity contribution in [1.82, 2.24) is 15.2 Å². The fourth-order valence-electron chi connectivity index (χ4n) is 2.18. The molecule has 0 saturated heterocycles. The second-order valence-corrected chi connectivity index (χ2v) is 5.34. The van der Waals surface area contributed by atoms with E-state index in [2.05, 4.69) is 25.8 Å². The van der Waals surface area contributed by atoms with Gasteiger partial charge >= 0.3 is 5.97 Å². The van der Waals surface area contributed by atoms with Crippen LogP contribution < -0.4 is 10.6 Å². The molecule has 3 rings (SSSR count). The predicted octanol–water partition coefficient (Wildman–Crippen LogP) is 3.81. The number of halogens is 2. The Morgan fingerprint density at radius 1 is 1.11 bits per heavy atom. The Morgan fingerprint density at radius 3 is 2.59 bits per heavy atom. The van der Waals surface area contributed by atoms with Crippen LogP contribution in [0, 0.1) is 11.6 Å². The number of rotatable bonds is 6. The second-order valence-electron chi connectivity index (χ2n) is 5.34. The van der Waals surface area contributed by atoms with E-state index in [4.69, 9.17) is 4.74 Å². The van der Waals surface area contributed by atoms with E-state index < -0.39 is 17.6 Å². The Morgan fingerprint density at radius 2 is 1.89 bits per heavy atom. The molecule has 0 atom stereocenters. The minimum absolute atomic E-state index is 0.0571. The van der Waals surface area contributed by atoms with Crippen molar-refractivity contribution < 1.29 is 18.3 Å². The summed E-state index contributed by atoms with van der Waals surface area (Å²) in [5, 5.41) is 13.3. The highest BCUT2D eigenvalue weighted by molar-refractivity contribution is 5.89. The molecule has 7 nitrogen and oxygen atoms in total. The van der Waals surface area contributed by atoms with E-state index in [1.807, 2.05) is 0 Å². The number of ether oxygens (including phenoxy) is 1. The van der Waals surface area contributed by atoms with Crippen LogP contribution in [0.5, 0.6) is 0 Å². The van der Waals surface area contributed by atoms with E-state index in [1.54, 1.807) is 31.2 Å². The van der Waals surface area contributed by atoms with Crippen molar-refractivity contribution in [2.45, 2.75) is 6.92 Å². The number of carbonyl (C=O) groups is 1. The minimum Gasteiger partial charge on any atom is -0.462 e. The van der Waals surface area contributed by atoms with Gasteiger partial charge in [0.05, 0.1) is 24.1 Å². The fourth-order valence-corrected chi connectivity index (χ4v) is 2.18. The Hall–Kier alpha value is -3.62. The smallest absolute Gasteiger partial charge is 0.338 e. The van der Waals surface area contributed by atoms with Gasteiger partial charge in [-0.25, -0.2) is 13.6 Å². The Labute approximate surface area is 153 Å². The summed E-state index contributed by atoms with van der Waals surface area (Å²) >= 11 is 0. The van der Waals surface area contributed by atoms with Crippen LogP contribution in [-0.2, 0) is 4.74 Å². The summed E-state index contributed by atoms with van der Waals surface area (Å²) in [6, 6.07) is 9.68. The zero-order valence-electron chi connectivity index (χ0n) is 14.2. The zero-order valence-corrected chi connectivity index (χ0v) is 14.2. The SMILES string of the molecule is CCOC(=O)c1ccc(Nc2nncc(Nc3ccc(F)cc3F)n2)cc1. The zero-order chi connectivity index (χ0) is 19.2. The molecule has 1 heterocycles. The number of anilines is 4. The number of nitrogens with one attached hydrogen (secondary N) is 2. The standard InChI is InChI=1S/C18H15F2N5O2/c1-2-27-17(26)11-3-6-13(7-4-11)22-18-24-16(10-21-25-18)23-15-8-5-12(19)9-14(15)20/h3-10H,2H2,1H3,(H2,22,23,24,25). The average Bonchev–Trinajstić information content (AvgIpc) is 2.65. The molecule has 2 aromatic carbocycles. The quantitative estimate of drug-likeness (QED) is 0.637. The minimum atomic E-state index is -0.752. The highest BCUT2D eigenvalue weighted by Gasteiger charge is 2.08. The molecule has 1 aromatic heterocycles. The van der Waals surface area contributed by atoms with Crippen molar-refractivity contribution >= 4 is 29.1 Å². The van der Waals surface area contributed by atoms with Crippen LogP contribution >= 0.6 is 0 Å². The van der Waals surface area contributed by atoms with Crippen molar-refractivity contribution in [3.63, 3.8) is 0 Å². The number of benzene rings is 2. The molecule has 0 aliphatic heterocycles. The third-order valence-electron chi connectivity index (χ3n) is 3.40. The summed E-state index contributed by atoms with van der Waals surface area (Å²) < 4.78 is 31.6. The molecular weight excluding hydrogens is 356 g/mol. The third kappa shape index (κ3) is 4.72. The first-order chi connectivity index (χ1) is 13.0. The maximum atomic E-state index is 13.7. The monoisotopic (exact) mass is 371 g/mol. The molecule has 0 amide bonds. The van der Waals surface area contributed by atoms with Crippen LogP contribution in [0.1, 0.15) is 17.3 Å². The molecular formula is C18H15F2N5O2. The van der Waals surface area contributed by atoms with Crippen molar-refractivity contribution in [3.8, 4) is 0 Å². The van der Waals surface area contributed by atoms with Gasteiger partial charge < -0.3 is 15.4 Å². The molecule has 0 aliphatic rings. The van der Waals surface area contributed by atoms with Gasteiger partial charge in [0.15, 0.2) is 5.82 Å². The number of aromatic nitrogens is 3. The van der Waals surface area contributed by atoms with Gasteiger partial charge in [-0.15, -0.1) is 5.10 Å². The Kier molecular flexibility index (Phi) is 5.50. The van der Waals surface area contributed by atoms with Gasteiger partial charge in [0.1, 0.15) is 11.6 Å². The van der Waals surface area contributed by atoms with Crippen LogP contribution in [0.2, 0.25) is 0 Å². The Balaban J connectivity index is 1.71. The number of carbonyl (C=O) groups excluding carboxylic acids is 1.